The summed E-state index contributed by atoms with van der Waals surface area (Å²) in [6, 6.07) is 0. The lowest BCUT2D eigenvalue weighted by molar-refractivity contribution is -0.129. The van der Waals surface area contributed by atoms with Crippen LogP contribution in [-0.2, 0) is 4.79 Å². The van der Waals surface area contributed by atoms with Crippen LogP contribution in [0.15, 0.2) is 0 Å². The van der Waals surface area contributed by atoms with Crippen LogP contribution in [-0.4, -0.2) is 18.9 Å². The first-order valence-corrected chi connectivity index (χ1v) is 5.85. The van der Waals surface area contributed by atoms with Gasteiger partial charge >= 0.3 is 0 Å². The van der Waals surface area contributed by atoms with E-state index < -0.39 is 0 Å². The third-order valence-corrected chi connectivity index (χ3v) is 3.16. The van der Waals surface area contributed by atoms with Crippen LogP contribution in [0.25, 0.3) is 0 Å². The average molecular weight is 197 g/mol. The van der Waals surface area contributed by atoms with E-state index >= 15 is 0 Å². The molecule has 0 radical (unpaired) electrons. The molecule has 1 atom stereocenters. The molecule has 1 aliphatic rings. The Morgan fingerprint density at radius 2 is 2.21 bits per heavy atom. The lowest BCUT2D eigenvalue weighted by Gasteiger charge is -2.26. The van der Waals surface area contributed by atoms with E-state index in [1.54, 1.807) is 0 Å². The van der Waals surface area contributed by atoms with Crippen molar-refractivity contribution in [2.24, 2.45) is 11.3 Å². The summed E-state index contributed by atoms with van der Waals surface area (Å²) < 4.78 is 0. The van der Waals surface area contributed by atoms with E-state index in [0.29, 0.717) is 11.7 Å². The Labute approximate surface area is 87.5 Å². The van der Waals surface area contributed by atoms with Gasteiger partial charge in [0.25, 0.3) is 0 Å². The van der Waals surface area contributed by atoms with Crippen molar-refractivity contribution in [3.05, 3.63) is 0 Å². The van der Waals surface area contributed by atoms with Crippen LogP contribution in [0.5, 0.6) is 0 Å². The van der Waals surface area contributed by atoms with Gasteiger partial charge in [-0.05, 0) is 25.3 Å². The minimum Gasteiger partial charge on any atom is -0.316 e. The molecule has 1 aliphatic heterocycles. The molecule has 82 valence electrons. The van der Waals surface area contributed by atoms with E-state index in [4.69, 9.17) is 0 Å². The van der Waals surface area contributed by atoms with Gasteiger partial charge in [-0.1, -0.05) is 27.2 Å². The zero-order valence-corrected chi connectivity index (χ0v) is 9.73. The molecule has 1 N–H and O–H groups in total. The maximum atomic E-state index is 12.1. The Bertz CT molecular complexity index is 192. The topological polar surface area (TPSA) is 29.1 Å². The molecule has 2 heteroatoms. The number of Topliss-reactive ketones (excluding diaryl/α,β-unsaturated/α-hetero) is 1. The van der Waals surface area contributed by atoms with Crippen LogP contribution in [0, 0.1) is 11.3 Å². The lowest BCUT2D eigenvalue weighted by atomic mass is 9.76. The Hall–Kier alpha value is -0.370. The quantitative estimate of drug-likeness (QED) is 0.733. The van der Waals surface area contributed by atoms with Crippen LogP contribution in [0.1, 0.15) is 46.5 Å². The smallest absolute Gasteiger partial charge is 0.140 e. The van der Waals surface area contributed by atoms with E-state index in [1.807, 2.05) is 0 Å². The van der Waals surface area contributed by atoms with Gasteiger partial charge < -0.3 is 5.32 Å². The van der Waals surface area contributed by atoms with Gasteiger partial charge in [-0.3, -0.25) is 4.79 Å². The fraction of sp³-hybridized carbons (Fsp3) is 0.917. The number of carbonyl (C=O) groups excluding carboxylic acids is 1. The summed E-state index contributed by atoms with van der Waals surface area (Å²) in [5.74, 6) is 0.983. The van der Waals surface area contributed by atoms with Crippen LogP contribution >= 0.6 is 0 Å². The van der Waals surface area contributed by atoms with Gasteiger partial charge in [0.2, 0.25) is 0 Å². The second-order valence-corrected chi connectivity index (χ2v) is 4.98. The normalized spacial score (nSPS) is 27.1. The molecule has 0 aromatic carbocycles. The molecule has 1 saturated heterocycles. The molecule has 1 heterocycles. The Balaban J connectivity index is 2.62. The first-order valence-electron chi connectivity index (χ1n) is 5.85. The van der Waals surface area contributed by atoms with E-state index in [9.17, 15) is 4.79 Å². The van der Waals surface area contributed by atoms with Crippen molar-refractivity contribution in [2.45, 2.75) is 46.5 Å². The van der Waals surface area contributed by atoms with Crippen LogP contribution in [0.2, 0.25) is 0 Å². The second-order valence-electron chi connectivity index (χ2n) is 4.98. The molecule has 1 rings (SSSR count). The number of hydrogen-bond acceptors (Lipinski definition) is 2. The molecule has 0 bridgehead atoms. The summed E-state index contributed by atoms with van der Waals surface area (Å²) in [7, 11) is 0. The van der Waals surface area contributed by atoms with Crippen LogP contribution in [0.4, 0.5) is 0 Å². The summed E-state index contributed by atoms with van der Waals surface area (Å²) >= 11 is 0. The van der Waals surface area contributed by atoms with E-state index in [1.165, 1.54) is 0 Å². The highest BCUT2D eigenvalue weighted by molar-refractivity contribution is 5.85. The van der Waals surface area contributed by atoms with Gasteiger partial charge in [-0.15, -0.1) is 0 Å². The number of rotatable bonds is 5. The van der Waals surface area contributed by atoms with Gasteiger partial charge in [0.05, 0.1) is 0 Å². The molecule has 0 amide bonds. The number of carbonyl (C=O) groups is 1. The molecular weight excluding hydrogens is 174 g/mol. The monoisotopic (exact) mass is 197 g/mol. The minimum atomic E-state index is -0.0149. The summed E-state index contributed by atoms with van der Waals surface area (Å²) in [4.78, 5) is 12.1. The first kappa shape index (κ1) is 11.7. The van der Waals surface area contributed by atoms with Crippen molar-refractivity contribution < 1.29 is 4.79 Å². The molecule has 2 nitrogen and oxygen atoms in total. The van der Waals surface area contributed by atoms with Gasteiger partial charge in [-0.25, -0.2) is 0 Å². The van der Waals surface area contributed by atoms with Crippen molar-refractivity contribution in [1.82, 2.24) is 5.32 Å². The van der Waals surface area contributed by atoms with Gasteiger partial charge in [0.15, 0.2) is 0 Å². The van der Waals surface area contributed by atoms with Gasteiger partial charge in [0, 0.05) is 18.4 Å². The van der Waals surface area contributed by atoms with Crippen molar-refractivity contribution in [2.75, 3.05) is 13.1 Å². The first-order chi connectivity index (χ1) is 6.60. The Morgan fingerprint density at radius 1 is 1.50 bits per heavy atom. The van der Waals surface area contributed by atoms with Crippen molar-refractivity contribution in [3.8, 4) is 0 Å². The second kappa shape index (κ2) is 4.92. The SMILES string of the molecule is CCCC1(C(=O)CC(C)C)CCNC1. The molecule has 0 aromatic heterocycles. The third-order valence-electron chi connectivity index (χ3n) is 3.16. The highest BCUT2D eigenvalue weighted by Gasteiger charge is 2.39. The maximum Gasteiger partial charge on any atom is 0.140 e. The molecule has 14 heavy (non-hydrogen) atoms. The number of ketones is 1. The maximum absolute atomic E-state index is 12.1. The van der Waals surface area contributed by atoms with Crippen molar-refractivity contribution >= 4 is 5.78 Å². The van der Waals surface area contributed by atoms with Gasteiger partial charge in [-0.2, -0.15) is 0 Å². The van der Waals surface area contributed by atoms with E-state index in [-0.39, 0.29) is 5.41 Å². The molecule has 0 aliphatic carbocycles. The molecule has 0 spiro atoms. The average Bonchev–Trinajstić information content (AvgIpc) is 2.53. The summed E-state index contributed by atoms with van der Waals surface area (Å²) in [5.41, 5.74) is -0.0149. The number of hydrogen-bond donors (Lipinski definition) is 1. The minimum absolute atomic E-state index is 0.0149. The predicted octanol–water partition coefficient (Wildman–Crippen LogP) is 2.38. The molecular formula is C12H23NO. The zero-order chi connectivity index (χ0) is 10.6. The summed E-state index contributed by atoms with van der Waals surface area (Å²) in [6.07, 6.45) is 3.98. The largest absolute Gasteiger partial charge is 0.316 e. The summed E-state index contributed by atoms with van der Waals surface area (Å²) in [6.45, 7) is 8.35. The molecule has 0 aromatic rings. The molecule has 1 fully saturated rings. The molecule has 0 saturated carbocycles. The fourth-order valence-corrected chi connectivity index (χ4v) is 2.40. The van der Waals surface area contributed by atoms with Gasteiger partial charge in [0.1, 0.15) is 5.78 Å². The Morgan fingerprint density at radius 3 is 2.64 bits per heavy atom. The zero-order valence-electron chi connectivity index (χ0n) is 9.73. The Kier molecular flexibility index (Phi) is 4.11. The predicted molar refractivity (Wildman–Crippen MR) is 59.3 cm³/mol. The highest BCUT2D eigenvalue weighted by Crippen LogP contribution is 2.34. The van der Waals surface area contributed by atoms with E-state index in [2.05, 4.69) is 26.1 Å². The van der Waals surface area contributed by atoms with Crippen LogP contribution < -0.4 is 5.32 Å². The van der Waals surface area contributed by atoms with Crippen molar-refractivity contribution in [1.29, 1.82) is 0 Å². The third kappa shape index (κ3) is 2.57. The fourth-order valence-electron chi connectivity index (χ4n) is 2.40. The number of nitrogens with one attached hydrogen (secondary N) is 1. The van der Waals surface area contributed by atoms with Crippen molar-refractivity contribution in [3.63, 3.8) is 0 Å². The van der Waals surface area contributed by atoms with E-state index in [0.717, 1.165) is 38.8 Å². The summed E-state index contributed by atoms with van der Waals surface area (Å²) in [5, 5.41) is 3.33. The highest BCUT2D eigenvalue weighted by atomic mass is 16.1. The lowest BCUT2D eigenvalue weighted by Crippen LogP contribution is -2.34. The van der Waals surface area contributed by atoms with Crippen LogP contribution in [0.3, 0.4) is 0 Å². The standard InChI is InChI=1S/C12H23NO/c1-4-5-12(6-7-13-9-12)11(14)8-10(2)3/h10,13H,4-9H2,1-3H3. The molecule has 1 unspecified atom stereocenters.